The van der Waals surface area contributed by atoms with Gasteiger partial charge >= 0.3 is 0 Å². The van der Waals surface area contributed by atoms with E-state index in [1.54, 1.807) is 14.1 Å². The first-order valence-corrected chi connectivity index (χ1v) is 4.15. The molecule has 1 unspecified atom stereocenters. The molecule has 0 amide bonds. The van der Waals surface area contributed by atoms with Gasteiger partial charge in [-0.15, -0.1) is 6.58 Å². The van der Waals surface area contributed by atoms with Crippen molar-refractivity contribution in [3.8, 4) is 0 Å². The Labute approximate surface area is 60.9 Å². The molecule has 5 heteroatoms. The maximum Gasteiger partial charge on any atom is 0.285 e. The molecule has 0 radical (unpaired) electrons. The first kappa shape index (κ1) is 9.61. The van der Waals surface area contributed by atoms with Gasteiger partial charge in [0.15, 0.2) is 5.37 Å². The minimum Gasteiger partial charge on any atom is -0.288 e. The monoisotopic (exact) mass is 165 g/mol. The van der Waals surface area contributed by atoms with Gasteiger partial charge in [-0.2, -0.15) is 8.42 Å². The summed E-state index contributed by atoms with van der Waals surface area (Å²) in [4.78, 5) is 1.35. The van der Waals surface area contributed by atoms with Crippen LogP contribution in [0.25, 0.3) is 0 Å². The smallest absolute Gasteiger partial charge is 0.285 e. The number of nitrogens with zero attached hydrogens (tertiary/aromatic N) is 1. The number of hydrogen-bond donors (Lipinski definition) is 1. The Morgan fingerprint density at radius 1 is 1.60 bits per heavy atom. The van der Waals surface area contributed by atoms with E-state index in [1.807, 2.05) is 0 Å². The highest BCUT2D eigenvalue weighted by molar-refractivity contribution is 7.86. The standard InChI is InChI=1S/C5H11NO3S/c1-4-5(6(2)3)10(7,8)9/h4-5H,1H2,2-3H3,(H,7,8,9). The van der Waals surface area contributed by atoms with Gasteiger partial charge in [-0.05, 0) is 14.1 Å². The van der Waals surface area contributed by atoms with Crippen LogP contribution in [0.2, 0.25) is 0 Å². The third kappa shape index (κ3) is 2.47. The second-order valence-corrected chi connectivity index (χ2v) is 3.62. The minimum atomic E-state index is -4.01. The molecule has 10 heavy (non-hydrogen) atoms. The molecule has 0 aliphatic carbocycles. The number of likely N-dealkylation sites (N-methyl/N-ethyl adjacent to an activating group) is 1. The highest BCUT2D eigenvalue weighted by Crippen LogP contribution is 2.01. The minimum absolute atomic E-state index is 1.01. The molecule has 0 aromatic carbocycles. The molecule has 0 heterocycles. The Bertz CT molecular complexity index is 207. The van der Waals surface area contributed by atoms with E-state index in [4.69, 9.17) is 4.55 Å². The fraction of sp³-hybridized carbons (Fsp3) is 0.600. The van der Waals surface area contributed by atoms with Crippen molar-refractivity contribution in [1.29, 1.82) is 0 Å². The normalized spacial score (nSPS) is 15.2. The highest BCUT2D eigenvalue weighted by Gasteiger charge is 2.20. The largest absolute Gasteiger partial charge is 0.288 e. The van der Waals surface area contributed by atoms with Gasteiger partial charge in [-0.25, -0.2) is 0 Å². The van der Waals surface area contributed by atoms with Crippen LogP contribution < -0.4 is 0 Å². The van der Waals surface area contributed by atoms with Crippen LogP contribution >= 0.6 is 0 Å². The summed E-state index contributed by atoms with van der Waals surface area (Å²) in [5.74, 6) is 0. The summed E-state index contributed by atoms with van der Waals surface area (Å²) in [5.41, 5.74) is 0. The van der Waals surface area contributed by atoms with Crippen molar-refractivity contribution in [3.05, 3.63) is 12.7 Å². The van der Waals surface area contributed by atoms with Crippen molar-refractivity contribution in [2.24, 2.45) is 0 Å². The lowest BCUT2D eigenvalue weighted by Gasteiger charge is -2.16. The third-order valence-corrected chi connectivity index (χ3v) is 2.24. The lowest BCUT2D eigenvalue weighted by atomic mass is 10.6. The molecule has 0 saturated heterocycles. The average molecular weight is 165 g/mol. The maximum atomic E-state index is 10.4. The van der Waals surface area contributed by atoms with Crippen LogP contribution in [0.1, 0.15) is 0 Å². The van der Waals surface area contributed by atoms with Gasteiger partial charge in [0.2, 0.25) is 0 Å². The third-order valence-electron chi connectivity index (χ3n) is 1.02. The van der Waals surface area contributed by atoms with E-state index >= 15 is 0 Å². The van der Waals surface area contributed by atoms with E-state index in [1.165, 1.54) is 4.90 Å². The zero-order valence-electron chi connectivity index (χ0n) is 5.98. The maximum absolute atomic E-state index is 10.4. The molecule has 0 aliphatic heterocycles. The molecular weight excluding hydrogens is 154 g/mol. The van der Waals surface area contributed by atoms with E-state index < -0.39 is 15.5 Å². The van der Waals surface area contributed by atoms with Crippen LogP contribution in [0.15, 0.2) is 12.7 Å². The molecule has 0 rings (SSSR count). The van der Waals surface area contributed by atoms with E-state index in [0.29, 0.717) is 0 Å². The van der Waals surface area contributed by atoms with E-state index in [2.05, 4.69) is 6.58 Å². The van der Waals surface area contributed by atoms with Gasteiger partial charge in [0.25, 0.3) is 10.1 Å². The molecule has 0 aromatic rings. The van der Waals surface area contributed by atoms with Gasteiger partial charge in [0.05, 0.1) is 0 Å². The van der Waals surface area contributed by atoms with E-state index in [0.717, 1.165) is 6.08 Å². The van der Waals surface area contributed by atoms with Crippen molar-refractivity contribution in [3.63, 3.8) is 0 Å². The van der Waals surface area contributed by atoms with E-state index in [9.17, 15) is 8.42 Å². The molecule has 0 aromatic heterocycles. The highest BCUT2D eigenvalue weighted by atomic mass is 32.2. The lowest BCUT2D eigenvalue weighted by Crippen LogP contribution is -2.33. The molecule has 0 spiro atoms. The summed E-state index contributed by atoms with van der Waals surface area (Å²) in [6.07, 6.45) is 1.16. The van der Waals surface area contributed by atoms with Crippen molar-refractivity contribution >= 4 is 10.1 Å². The van der Waals surface area contributed by atoms with Crippen molar-refractivity contribution in [2.75, 3.05) is 14.1 Å². The van der Waals surface area contributed by atoms with Crippen molar-refractivity contribution in [2.45, 2.75) is 5.37 Å². The quantitative estimate of drug-likeness (QED) is 0.470. The zero-order chi connectivity index (χ0) is 8.36. The molecule has 0 saturated carbocycles. The Morgan fingerprint density at radius 3 is 2.00 bits per heavy atom. The van der Waals surface area contributed by atoms with Crippen LogP contribution in [-0.2, 0) is 10.1 Å². The van der Waals surface area contributed by atoms with Crippen molar-refractivity contribution in [1.82, 2.24) is 4.90 Å². The van der Waals surface area contributed by atoms with Gasteiger partial charge in [-0.3, -0.25) is 9.45 Å². The molecule has 1 N–H and O–H groups in total. The molecule has 1 atom stereocenters. The Morgan fingerprint density at radius 2 is 2.00 bits per heavy atom. The summed E-state index contributed by atoms with van der Waals surface area (Å²) in [7, 11) is -0.923. The fourth-order valence-corrected chi connectivity index (χ4v) is 1.37. The fourth-order valence-electron chi connectivity index (χ4n) is 0.599. The van der Waals surface area contributed by atoms with Crippen LogP contribution in [0.4, 0.5) is 0 Å². The summed E-state index contributed by atoms with van der Waals surface area (Å²) < 4.78 is 29.4. The number of rotatable bonds is 3. The summed E-state index contributed by atoms with van der Waals surface area (Å²) >= 11 is 0. The van der Waals surface area contributed by atoms with Gasteiger partial charge < -0.3 is 0 Å². The molecule has 4 nitrogen and oxygen atoms in total. The van der Waals surface area contributed by atoms with Crippen LogP contribution in [0.5, 0.6) is 0 Å². The van der Waals surface area contributed by atoms with Crippen LogP contribution in [0.3, 0.4) is 0 Å². The second-order valence-electron chi connectivity index (χ2n) is 2.10. The Hall–Kier alpha value is -0.390. The number of hydrogen-bond acceptors (Lipinski definition) is 3. The molecule has 0 bridgehead atoms. The first-order chi connectivity index (χ1) is 4.39. The molecule has 60 valence electrons. The summed E-state index contributed by atoms with van der Waals surface area (Å²) in [6.45, 7) is 3.27. The SMILES string of the molecule is C=CC(N(C)C)S(=O)(=O)O. The van der Waals surface area contributed by atoms with Crippen LogP contribution in [0, 0.1) is 0 Å². The predicted octanol–water partition coefficient (Wildman–Crippen LogP) is -0.0521. The van der Waals surface area contributed by atoms with Crippen molar-refractivity contribution < 1.29 is 13.0 Å². The van der Waals surface area contributed by atoms with Gasteiger partial charge in [-0.1, -0.05) is 6.08 Å². The predicted molar refractivity (Wildman–Crippen MR) is 39.2 cm³/mol. The molecular formula is C5H11NO3S. The average Bonchev–Trinajstić information content (AvgIpc) is 1.60. The Kier molecular flexibility index (Phi) is 3.01. The second kappa shape index (κ2) is 3.14. The lowest BCUT2D eigenvalue weighted by molar-refractivity contribution is 0.373. The Balaban J connectivity index is 4.54. The van der Waals surface area contributed by atoms with E-state index in [-0.39, 0.29) is 0 Å². The topological polar surface area (TPSA) is 57.6 Å². The zero-order valence-corrected chi connectivity index (χ0v) is 6.80. The van der Waals surface area contributed by atoms with Gasteiger partial charge in [0, 0.05) is 0 Å². The van der Waals surface area contributed by atoms with Gasteiger partial charge in [0.1, 0.15) is 0 Å². The summed E-state index contributed by atoms with van der Waals surface area (Å²) in [6, 6.07) is 0. The summed E-state index contributed by atoms with van der Waals surface area (Å²) in [5, 5.41) is -1.01. The molecule has 0 aliphatic rings. The van der Waals surface area contributed by atoms with Crippen LogP contribution in [-0.4, -0.2) is 37.3 Å². The first-order valence-electron chi connectivity index (χ1n) is 2.65. The molecule has 0 fully saturated rings.